The number of nitrogens with one attached hydrogen (secondary N) is 1. The molecule has 33 heavy (non-hydrogen) atoms. The fraction of sp³-hybridized carbons (Fsp3) is 0.0833. The standard InChI is InChI=1S/C24H18F2N6O/c25-18-6-9-20(26)17(11-18)14-32(19-7-4-16(5-8-19)21-13-27-15-28-21)24(33)12-23-30-29-22-3-1-2-10-31(22)23/h1-11,13,15H,12,14H2,(H,27,28). The van der Waals surface area contributed by atoms with Gasteiger partial charge in [-0.1, -0.05) is 18.2 Å². The lowest BCUT2D eigenvalue weighted by Gasteiger charge is -2.23. The third-order valence-corrected chi connectivity index (χ3v) is 5.32. The van der Waals surface area contributed by atoms with Crippen LogP contribution in [0.25, 0.3) is 16.9 Å². The minimum Gasteiger partial charge on any atom is -0.345 e. The zero-order valence-corrected chi connectivity index (χ0v) is 17.3. The average molecular weight is 444 g/mol. The molecule has 9 heteroatoms. The zero-order valence-electron chi connectivity index (χ0n) is 17.3. The number of aromatic nitrogens is 5. The number of fused-ring (bicyclic) bond motifs is 1. The van der Waals surface area contributed by atoms with Gasteiger partial charge in [-0.15, -0.1) is 10.2 Å². The summed E-state index contributed by atoms with van der Waals surface area (Å²) in [4.78, 5) is 21.8. The summed E-state index contributed by atoms with van der Waals surface area (Å²) in [6, 6.07) is 15.8. The molecule has 0 saturated carbocycles. The van der Waals surface area contributed by atoms with E-state index in [1.54, 1.807) is 41.3 Å². The Labute approximate surface area is 187 Å². The molecule has 1 N–H and O–H groups in total. The number of aromatic amines is 1. The molecule has 0 aliphatic rings. The van der Waals surface area contributed by atoms with E-state index in [1.165, 1.54) is 4.90 Å². The number of rotatable bonds is 6. The van der Waals surface area contributed by atoms with Gasteiger partial charge in [0, 0.05) is 17.4 Å². The van der Waals surface area contributed by atoms with Crippen molar-refractivity contribution < 1.29 is 13.6 Å². The molecule has 0 radical (unpaired) electrons. The number of hydrogen-bond acceptors (Lipinski definition) is 4. The van der Waals surface area contributed by atoms with Crippen LogP contribution in [0, 0.1) is 11.6 Å². The Bertz CT molecular complexity index is 1410. The summed E-state index contributed by atoms with van der Waals surface area (Å²) in [5, 5.41) is 8.20. The second-order valence-corrected chi connectivity index (χ2v) is 7.45. The van der Waals surface area contributed by atoms with Gasteiger partial charge in [-0.25, -0.2) is 13.8 Å². The highest BCUT2D eigenvalue weighted by Gasteiger charge is 2.21. The Morgan fingerprint density at radius 3 is 2.67 bits per heavy atom. The van der Waals surface area contributed by atoms with Crippen molar-refractivity contribution in [1.82, 2.24) is 24.6 Å². The molecule has 0 fully saturated rings. The van der Waals surface area contributed by atoms with Gasteiger partial charge < -0.3 is 9.88 Å². The van der Waals surface area contributed by atoms with E-state index in [0.29, 0.717) is 17.2 Å². The molecular weight excluding hydrogens is 426 g/mol. The molecule has 3 heterocycles. The topological polar surface area (TPSA) is 79.2 Å². The van der Waals surface area contributed by atoms with E-state index in [4.69, 9.17) is 0 Å². The molecule has 1 amide bonds. The van der Waals surface area contributed by atoms with Crippen LogP contribution in [0.2, 0.25) is 0 Å². The van der Waals surface area contributed by atoms with Crippen LogP contribution in [0.1, 0.15) is 11.4 Å². The molecule has 0 unspecified atom stereocenters. The number of carbonyl (C=O) groups is 1. The number of pyridine rings is 1. The van der Waals surface area contributed by atoms with Crippen molar-refractivity contribution >= 4 is 17.2 Å². The smallest absolute Gasteiger partial charge is 0.234 e. The number of imidazole rings is 1. The van der Waals surface area contributed by atoms with Crippen LogP contribution in [0.5, 0.6) is 0 Å². The van der Waals surface area contributed by atoms with Crippen LogP contribution in [0.4, 0.5) is 14.5 Å². The van der Waals surface area contributed by atoms with Crippen molar-refractivity contribution in [2.45, 2.75) is 13.0 Å². The second-order valence-electron chi connectivity index (χ2n) is 7.45. The maximum Gasteiger partial charge on any atom is 0.234 e. The van der Waals surface area contributed by atoms with Crippen LogP contribution in [0.3, 0.4) is 0 Å². The van der Waals surface area contributed by atoms with Crippen LogP contribution >= 0.6 is 0 Å². The van der Waals surface area contributed by atoms with Crippen LogP contribution in [0.15, 0.2) is 79.4 Å². The van der Waals surface area contributed by atoms with E-state index in [0.717, 1.165) is 29.5 Å². The van der Waals surface area contributed by atoms with Crippen molar-refractivity contribution in [3.8, 4) is 11.3 Å². The van der Waals surface area contributed by atoms with E-state index in [2.05, 4.69) is 20.2 Å². The normalized spacial score (nSPS) is 11.1. The van der Waals surface area contributed by atoms with Crippen molar-refractivity contribution in [2.75, 3.05) is 4.90 Å². The van der Waals surface area contributed by atoms with Crippen LogP contribution in [-0.2, 0) is 17.8 Å². The molecule has 5 rings (SSSR count). The van der Waals surface area contributed by atoms with E-state index in [1.807, 2.05) is 24.3 Å². The lowest BCUT2D eigenvalue weighted by atomic mass is 10.1. The first-order chi connectivity index (χ1) is 16.1. The predicted octanol–water partition coefficient (Wildman–Crippen LogP) is 4.17. The molecule has 0 spiro atoms. The molecular formula is C24H18F2N6O. The lowest BCUT2D eigenvalue weighted by molar-refractivity contribution is -0.118. The lowest BCUT2D eigenvalue weighted by Crippen LogP contribution is -2.32. The zero-order chi connectivity index (χ0) is 22.8. The van der Waals surface area contributed by atoms with E-state index >= 15 is 0 Å². The van der Waals surface area contributed by atoms with Gasteiger partial charge in [0.05, 0.1) is 31.2 Å². The van der Waals surface area contributed by atoms with E-state index < -0.39 is 11.6 Å². The summed E-state index contributed by atoms with van der Waals surface area (Å²) in [5.74, 6) is -1.03. The van der Waals surface area contributed by atoms with Crippen LogP contribution < -0.4 is 4.90 Å². The quantitative estimate of drug-likeness (QED) is 0.426. The van der Waals surface area contributed by atoms with E-state index in [-0.39, 0.29) is 24.4 Å². The number of amides is 1. The molecule has 0 aliphatic heterocycles. The fourth-order valence-electron chi connectivity index (χ4n) is 3.64. The van der Waals surface area contributed by atoms with Crippen LogP contribution in [-0.4, -0.2) is 30.5 Å². The summed E-state index contributed by atoms with van der Waals surface area (Å²) in [6.07, 6.45) is 4.98. The van der Waals surface area contributed by atoms with Crippen molar-refractivity contribution in [3.05, 3.63) is 102 Å². The fourth-order valence-corrected chi connectivity index (χ4v) is 3.64. The molecule has 0 atom stereocenters. The largest absolute Gasteiger partial charge is 0.345 e. The molecule has 7 nitrogen and oxygen atoms in total. The molecule has 0 aliphatic carbocycles. The van der Waals surface area contributed by atoms with Gasteiger partial charge in [0.15, 0.2) is 5.65 Å². The van der Waals surface area contributed by atoms with Gasteiger partial charge in [-0.2, -0.15) is 0 Å². The van der Waals surface area contributed by atoms with Gasteiger partial charge in [0.2, 0.25) is 5.91 Å². The number of benzene rings is 2. The molecule has 5 aromatic rings. The van der Waals surface area contributed by atoms with E-state index in [9.17, 15) is 13.6 Å². The molecule has 2 aromatic carbocycles. The number of carbonyl (C=O) groups excluding carboxylic acids is 1. The summed E-state index contributed by atoms with van der Waals surface area (Å²) < 4.78 is 29.9. The Hall–Kier alpha value is -4.40. The minimum absolute atomic E-state index is 0.0651. The van der Waals surface area contributed by atoms with Gasteiger partial charge in [-0.05, 0) is 48.0 Å². The summed E-state index contributed by atoms with van der Waals surface area (Å²) in [5.41, 5.74) is 2.94. The van der Waals surface area contributed by atoms with Gasteiger partial charge in [-0.3, -0.25) is 9.20 Å². The molecule has 164 valence electrons. The van der Waals surface area contributed by atoms with Crippen molar-refractivity contribution in [1.29, 1.82) is 0 Å². The Morgan fingerprint density at radius 1 is 1.03 bits per heavy atom. The SMILES string of the molecule is O=C(Cc1nnc2ccccn12)N(Cc1cc(F)ccc1F)c1ccc(-c2cnc[nH]2)cc1. The number of H-pyrrole nitrogens is 1. The van der Waals surface area contributed by atoms with Crippen molar-refractivity contribution in [2.24, 2.45) is 0 Å². The highest BCUT2D eigenvalue weighted by atomic mass is 19.1. The van der Waals surface area contributed by atoms with Gasteiger partial charge in [0.25, 0.3) is 0 Å². The Balaban J connectivity index is 1.49. The Morgan fingerprint density at radius 2 is 1.88 bits per heavy atom. The first kappa shape index (κ1) is 20.5. The first-order valence-corrected chi connectivity index (χ1v) is 10.2. The number of halogens is 2. The molecule has 3 aromatic heterocycles. The minimum atomic E-state index is -0.587. The maximum absolute atomic E-state index is 14.4. The van der Waals surface area contributed by atoms with Gasteiger partial charge in [0.1, 0.15) is 17.5 Å². The average Bonchev–Trinajstić information content (AvgIpc) is 3.51. The molecule has 0 bridgehead atoms. The number of nitrogens with zero attached hydrogens (tertiary/aromatic N) is 5. The monoisotopic (exact) mass is 444 g/mol. The predicted molar refractivity (Wildman–Crippen MR) is 118 cm³/mol. The third kappa shape index (κ3) is 4.20. The summed E-state index contributed by atoms with van der Waals surface area (Å²) in [7, 11) is 0. The van der Waals surface area contributed by atoms with Gasteiger partial charge >= 0.3 is 0 Å². The second kappa shape index (κ2) is 8.62. The maximum atomic E-state index is 14.4. The highest BCUT2D eigenvalue weighted by Crippen LogP contribution is 2.24. The third-order valence-electron chi connectivity index (χ3n) is 5.32. The summed E-state index contributed by atoms with van der Waals surface area (Å²) >= 11 is 0. The Kier molecular flexibility index (Phi) is 5.35. The number of anilines is 1. The summed E-state index contributed by atoms with van der Waals surface area (Å²) in [6.45, 7) is -0.136. The van der Waals surface area contributed by atoms with Crippen molar-refractivity contribution in [3.63, 3.8) is 0 Å². The molecule has 0 saturated heterocycles. The highest BCUT2D eigenvalue weighted by molar-refractivity contribution is 5.94. The first-order valence-electron chi connectivity index (χ1n) is 10.2. The number of hydrogen-bond donors (Lipinski definition) is 1.